The Hall–Kier alpha value is -1.59. The molecule has 0 aliphatic carbocycles. The Labute approximate surface area is 159 Å². The molecule has 2 heterocycles. The van der Waals surface area contributed by atoms with E-state index in [4.69, 9.17) is 0 Å². The number of piperidine rings is 1. The van der Waals surface area contributed by atoms with Crippen molar-refractivity contribution in [2.24, 2.45) is 10.9 Å². The van der Waals surface area contributed by atoms with E-state index in [-0.39, 0.29) is 0 Å². The minimum Gasteiger partial charge on any atom is -0.352 e. The third kappa shape index (κ3) is 5.45. The first-order chi connectivity index (χ1) is 12.6. The number of likely N-dealkylation sites (tertiary alicyclic amines) is 1. The van der Waals surface area contributed by atoms with Crippen LogP contribution >= 0.6 is 0 Å². The van der Waals surface area contributed by atoms with Crippen molar-refractivity contribution in [2.45, 2.75) is 32.9 Å². The van der Waals surface area contributed by atoms with Gasteiger partial charge in [0.25, 0.3) is 0 Å². The van der Waals surface area contributed by atoms with Crippen LogP contribution in [0.4, 0.5) is 0 Å². The summed E-state index contributed by atoms with van der Waals surface area (Å²) in [5.74, 6) is 1.88. The number of aliphatic imine (C=N–C) groups is 1. The molecule has 2 aliphatic rings. The molecule has 26 heavy (non-hydrogen) atoms. The summed E-state index contributed by atoms with van der Waals surface area (Å²) in [6.45, 7) is 11.2. The molecule has 0 atom stereocenters. The number of likely N-dealkylation sites (N-methyl/N-ethyl adjacent to an activating group) is 1. The topological polar surface area (TPSA) is 34.1 Å². The molecule has 0 radical (unpaired) electrons. The van der Waals surface area contributed by atoms with Crippen LogP contribution in [0.15, 0.2) is 29.3 Å². The molecule has 1 aromatic carbocycles. The van der Waals surface area contributed by atoms with Gasteiger partial charge in [0.05, 0.1) is 0 Å². The van der Waals surface area contributed by atoms with Gasteiger partial charge in [-0.2, -0.15) is 0 Å². The average Bonchev–Trinajstić information content (AvgIpc) is 2.67. The standard InChI is InChI=1S/C21H35N5/c1-18-8-10-26(11-9-18)21(22-2)23-16-19-4-6-20(7-5-19)17-25-14-12-24(3)13-15-25/h4-7,18H,8-17H2,1-3H3,(H,22,23). The van der Waals surface area contributed by atoms with E-state index < -0.39 is 0 Å². The number of hydrogen-bond donors (Lipinski definition) is 1. The first-order valence-corrected chi connectivity index (χ1v) is 10.1. The normalized spacial score (nSPS) is 21.2. The molecular formula is C21H35N5. The molecule has 0 aromatic heterocycles. The van der Waals surface area contributed by atoms with Gasteiger partial charge >= 0.3 is 0 Å². The Balaban J connectivity index is 1.46. The lowest BCUT2D eigenvalue weighted by Crippen LogP contribution is -2.45. The van der Waals surface area contributed by atoms with Crippen LogP contribution in [0.3, 0.4) is 0 Å². The second-order valence-corrected chi connectivity index (χ2v) is 7.97. The van der Waals surface area contributed by atoms with E-state index in [1.54, 1.807) is 0 Å². The molecule has 1 N–H and O–H groups in total. The van der Waals surface area contributed by atoms with Crippen molar-refractivity contribution in [3.05, 3.63) is 35.4 Å². The minimum atomic E-state index is 0.841. The molecule has 0 saturated carbocycles. The highest BCUT2D eigenvalue weighted by Crippen LogP contribution is 2.16. The lowest BCUT2D eigenvalue weighted by Gasteiger charge is -2.33. The van der Waals surface area contributed by atoms with Crippen LogP contribution < -0.4 is 5.32 Å². The summed E-state index contributed by atoms with van der Waals surface area (Å²) in [7, 11) is 4.09. The average molecular weight is 358 g/mol. The van der Waals surface area contributed by atoms with E-state index in [1.165, 1.54) is 50.1 Å². The molecule has 0 unspecified atom stereocenters. The van der Waals surface area contributed by atoms with E-state index >= 15 is 0 Å². The second-order valence-electron chi connectivity index (χ2n) is 7.97. The quantitative estimate of drug-likeness (QED) is 0.662. The van der Waals surface area contributed by atoms with Crippen molar-refractivity contribution in [3.8, 4) is 0 Å². The summed E-state index contributed by atoms with van der Waals surface area (Å²) in [6.07, 6.45) is 2.53. The summed E-state index contributed by atoms with van der Waals surface area (Å²) in [4.78, 5) is 11.8. The molecular weight excluding hydrogens is 322 g/mol. The van der Waals surface area contributed by atoms with E-state index in [9.17, 15) is 0 Å². The third-order valence-electron chi connectivity index (χ3n) is 5.77. The Bertz CT molecular complexity index is 567. The van der Waals surface area contributed by atoms with Gasteiger partial charge in [0, 0.05) is 59.4 Å². The number of nitrogens with one attached hydrogen (secondary N) is 1. The predicted molar refractivity (Wildman–Crippen MR) is 109 cm³/mol. The Kier molecular flexibility index (Phi) is 6.92. The lowest BCUT2D eigenvalue weighted by atomic mass is 9.99. The molecule has 2 saturated heterocycles. The number of nitrogens with zero attached hydrogens (tertiary/aromatic N) is 4. The van der Waals surface area contributed by atoms with E-state index in [1.807, 2.05) is 7.05 Å². The molecule has 1 aromatic rings. The smallest absolute Gasteiger partial charge is 0.193 e. The largest absolute Gasteiger partial charge is 0.352 e. The molecule has 2 aliphatic heterocycles. The summed E-state index contributed by atoms with van der Waals surface area (Å²) in [5.41, 5.74) is 2.73. The lowest BCUT2D eigenvalue weighted by molar-refractivity contribution is 0.148. The molecule has 3 rings (SSSR count). The van der Waals surface area contributed by atoms with Gasteiger partial charge in [-0.3, -0.25) is 9.89 Å². The maximum atomic E-state index is 4.47. The SMILES string of the molecule is CN=C(NCc1ccc(CN2CCN(C)CC2)cc1)N1CCC(C)CC1. The second kappa shape index (κ2) is 9.38. The number of rotatable bonds is 4. The number of guanidine groups is 1. The van der Waals surface area contributed by atoms with Gasteiger partial charge in [-0.25, -0.2) is 0 Å². The van der Waals surface area contributed by atoms with Crippen molar-refractivity contribution in [1.29, 1.82) is 0 Å². The highest BCUT2D eigenvalue weighted by molar-refractivity contribution is 5.79. The molecule has 0 bridgehead atoms. The minimum absolute atomic E-state index is 0.841. The van der Waals surface area contributed by atoms with Crippen LogP contribution in [0, 0.1) is 5.92 Å². The first kappa shape index (κ1) is 19.2. The van der Waals surface area contributed by atoms with Gasteiger partial charge in [0.1, 0.15) is 0 Å². The summed E-state index contributed by atoms with van der Waals surface area (Å²) >= 11 is 0. The van der Waals surface area contributed by atoms with Gasteiger partial charge in [0.15, 0.2) is 5.96 Å². The van der Waals surface area contributed by atoms with Gasteiger partial charge in [-0.1, -0.05) is 31.2 Å². The zero-order valence-electron chi connectivity index (χ0n) is 16.7. The Morgan fingerprint density at radius 1 is 1.00 bits per heavy atom. The predicted octanol–water partition coefficient (Wildman–Crippen LogP) is 2.24. The third-order valence-corrected chi connectivity index (χ3v) is 5.77. The maximum absolute atomic E-state index is 4.47. The Morgan fingerprint density at radius 3 is 2.23 bits per heavy atom. The van der Waals surface area contributed by atoms with E-state index in [0.29, 0.717) is 0 Å². The van der Waals surface area contributed by atoms with E-state index in [0.717, 1.165) is 38.1 Å². The highest BCUT2D eigenvalue weighted by atomic mass is 15.3. The number of benzene rings is 1. The fraction of sp³-hybridized carbons (Fsp3) is 0.667. The molecule has 0 spiro atoms. The highest BCUT2D eigenvalue weighted by Gasteiger charge is 2.18. The fourth-order valence-corrected chi connectivity index (χ4v) is 3.76. The summed E-state index contributed by atoms with van der Waals surface area (Å²) < 4.78 is 0. The van der Waals surface area contributed by atoms with Crippen LogP contribution in [0.1, 0.15) is 30.9 Å². The number of hydrogen-bond acceptors (Lipinski definition) is 3. The fourth-order valence-electron chi connectivity index (χ4n) is 3.76. The van der Waals surface area contributed by atoms with Crippen LogP contribution in [-0.2, 0) is 13.1 Å². The van der Waals surface area contributed by atoms with Crippen molar-refractivity contribution in [1.82, 2.24) is 20.0 Å². The zero-order chi connectivity index (χ0) is 18.4. The van der Waals surface area contributed by atoms with Crippen molar-refractivity contribution in [3.63, 3.8) is 0 Å². The number of piperazine rings is 1. The van der Waals surface area contributed by atoms with Crippen LogP contribution in [0.2, 0.25) is 0 Å². The van der Waals surface area contributed by atoms with E-state index in [2.05, 4.69) is 63.2 Å². The van der Waals surface area contributed by atoms with Crippen molar-refractivity contribution < 1.29 is 0 Å². The van der Waals surface area contributed by atoms with Crippen molar-refractivity contribution in [2.75, 3.05) is 53.4 Å². The Morgan fingerprint density at radius 2 is 1.62 bits per heavy atom. The molecule has 5 nitrogen and oxygen atoms in total. The van der Waals surface area contributed by atoms with Gasteiger partial charge in [0.2, 0.25) is 0 Å². The van der Waals surface area contributed by atoms with Gasteiger partial charge in [-0.15, -0.1) is 0 Å². The summed E-state index contributed by atoms with van der Waals surface area (Å²) in [5, 5.41) is 3.54. The monoisotopic (exact) mass is 357 g/mol. The first-order valence-electron chi connectivity index (χ1n) is 10.1. The van der Waals surface area contributed by atoms with Crippen molar-refractivity contribution >= 4 is 5.96 Å². The van der Waals surface area contributed by atoms with Crippen LogP contribution in [0.5, 0.6) is 0 Å². The van der Waals surface area contributed by atoms with Gasteiger partial charge in [-0.05, 0) is 36.9 Å². The summed E-state index contributed by atoms with van der Waals surface area (Å²) in [6, 6.07) is 9.06. The molecule has 5 heteroatoms. The molecule has 144 valence electrons. The molecule has 0 amide bonds. The maximum Gasteiger partial charge on any atom is 0.193 e. The van der Waals surface area contributed by atoms with Crippen LogP contribution in [-0.4, -0.2) is 74.0 Å². The molecule has 2 fully saturated rings. The van der Waals surface area contributed by atoms with Gasteiger partial charge < -0.3 is 15.1 Å². The van der Waals surface area contributed by atoms with Crippen LogP contribution in [0.25, 0.3) is 0 Å². The zero-order valence-corrected chi connectivity index (χ0v) is 16.7.